The minimum atomic E-state index is -3.70. The first-order valence-corrected chi connectivity index (χ1v) is 7.52. The molecule has 0 radical (unpaired) electrons. The number of hydrogen-bond acceptors (Lipinski definition) is 3. The average Bonchev–Trinajstić information content (AvgIpc) is 2.42. The molecule has 2 aromatic rings. The van der Waals surface area contributed by atoms with Gasteiger partial charge in [0, 0.05) is 0 Å². The van der Waals surface area contributed by atoms with Gasteiger partial charge in [-0.15, -0.1) is 6.58 Å². The minimum Gasteiger partial charge on any atom is -0.506 e. The summed E-state index contributed by atoms with van der Waals surface area (Å²) in [5.41, 5.74) is 1.14. The predicted octanol–water partition coefficient (Wildman–Crippen LogP) is 2.92. The SMILES string of the molecule is C=CCc1ccc(S(=O)(=O)Nc2ccccc2O)cc1. The van der Waals surface area contributed by atoms with Crippen LogP contribution in [0, 0.1) is 0 Å². The Morgan fingerprint density at radius 1 is 1.10 bits per heavy atom. The second-order valence-corrected chi connectivity index (χ2v) is 5.94. The van der Waals surface area contributed by atoms with E-state index in [-0.39, 0.29) is 16.3 Å². The predicted molar refractivity (Wildman–Crippen MR) is 79.3 cm³/mol. The van der Waals surface area contributed by atoms with Crippen molar-refractivity contribution in [3.8, 4) is 5.75 Å². The molecule has 0 saturated carbocycles. The molecule has 0 bridgehead atoms. The molecule has 2 N–H and O–H groups in total. The van der Waals surface area contributed by atoms with E-state index in [1.54, 1.807) is 30.3 Å². The molecule has 2 rings (SSSR count). The van der Waals surface area contributed by atoms with Crippen LogP contribution < -0.4 is 4.72 Å². The highest BCUT2D eigenvalue weighted by Gasteiger charge is 2.15. The van der Waals surface area contributed by atoms with Crippen LogP contribution >= 0.6 is 0 Å². The van der Waals surface area contributed by atoms with Crippen molar-refractivity contribution < 1.29 is 13.5 Å². The third-order valence-electron chi connectivity index (χ3n) is 2.76. The van der Waals surface area contributed by atoms with Gasteiger partial charge in [-0.05, 0) is 36.2 Å². The summed E-state index contributed by atoms with van der Waals surface area (Å²) < 4.78 is 26.7. The van der Waals surface area contributed by atoms with Crippen molar-refractivity contribution in [2.45, 2.75) is 11.3 Å². The van der Waals surface area contributed by atoms with Crippen molar-refractivity contribution in [3.05, 3.63) is 66.7 Å². The summed E-state index contributed by atoms with van der Waals surface area (Å²) in [5.74, 6) is -0.112. The number of phenolic OH excluding ortho intramolecular Hbond substituents is 1. The summed E-state index contributed by atoms with van der Waals surface area (Å²) >= 11 is 0. The molecular weight excluding hydrogens is 274 g/mol. The molecular formula is C15H15NO3S. The summed E-state index contributed by atoms with van der Waals surface area (Å²) in [6.07, 6.45) is 2.44. The van der Waals surface area contributed by atoms with E-state index >= 15 is 0 Å². The number of phenols is 1. The molecule has 5 heteroatoms. The Kier molecular flexibility index (Phi) is 4.10. The minimum absolute atomic E-state index is 0.112. The van der Waals surface area contributed by atoms with Crippen LogP contribution in [-0.2, 0) is 16.4 Å². The number of aromatic hydroxyl groups is 1. The summed E-state index contributed by atoms with van der Waals surface area (Å²) in [5, 5.41) is 9.60. The molecule has 2 aromatic carbocycles. The zero-order chi connectivity index (χ0) is 14.6. The summed E-state index contributed by atoms with van der Waals surface area (Å²) in [6.45, 7) is 3.63. The fourth-order valence-electron chi connectivity index (χ4n) is 1.73. The topological polar surface area (TPSA) is 66.4 Å². The standard InChI is InChI=1S/C15H15NO3S/c1-2-5-12-8-10-13(11-9-12)20(18,19)16-14-6-3-4-7-15(14)17/h2-4,6-11,16-17H,1,5H2. The van der Waals surface area contributed by atoms with Gasteiger partial charge in [0.15, 0.2) is 0 Å². The van der Waals surface area contributed by atoms with Crippen LogP contribution in [-0.4, -0.2) is 13.5 Å². The zero-order valence-corrected chi connectivity index (χ0v) is 11.6. The van der Waals surface area contributed by atoms with Gasteiger partial charge in [0.1, 0.15) is 5.75 Å². The molecule has 0 atom stereocenters. The summed E-state index contributed by atoms with van der Waals surface area (Å²) in [7, 11) is -3.70. The van der Waals surface area contributed by atoms with Crippen LogP contribution in [0.3, 0.4) is 0 Å². The number of hydrogen-bond donors (Lipinski definition) is 2. The molecule has 4 nitrogen and oxygen atoms in total. The highest BCUT2D eigenvalue weighted by atomic mass is 32.2. The fourth-order valence-corrected chi connectivity index (χ4v) is 2.81. The van der Waals surface area contributed by atoms with Gasteiger partial charge in [-0.25, -0.2) is 8.42 Å². The lowest BCUT2D eigenvalue weighted by atomic mass is 10.2. The van der Waals surface area contributed by atoms with Gasteiger partial charge in [-0.2, -0.15) is 0 Å². The Hall–Kier alpha value is -2.27. The maximum absolute atomic E-state index is 12.2. The second-order valence-electron chi connectivity index (χ2n) is 4.26. The number of allylic oxidation sites excluding steroid dienone is 1. The van der Waals surface area contributed by atoms with E-state index in [4.69, 9.17) is 0 Å². The first kappa shape index (κ1) is 14.1. The van der Waals surface area contributed by atoms with Crippen LogP contribution in [0.2, 0.25) is 0 Å². The lowest BCUT2D eigenvalue weighted by Gasteiger charge is -2.09. The number of nitrogens with one attached hydrogen (secondary N) is 1. The van der Waals surface area contributed by atoms with Crippen LogP contribution in [0.25, 0.3) is 0 Å². The number of sulfonamides is 1. The Morgan fingerprint density at radius 2 is 1.75 bits per heavy atom. The van der Waals surface area contributed by atoms with Crippen molar-refractivity contribution in [1.29, 1.82) is 0 Å². The summed E-state index contributed by atoms with van der Waals surface area (Å²) in [4.78, 5) is 0.147. The Labute approximate surface area is 118 Å². The maximum atomic E-state index is 12.2. The van der Waals surface area contributed by atoms with Gasteiger partial charge in [-0.3, -0.25) is 4.72 Å². The van der Waals surface area contributed by atoms with E-state index in [1.807, 2.05) is 0 Å². The van der Waals surface area contributed by atoms with Crippen molar-refractivity contribution in [1.82, 2.24) is 0 Å². The zero-order valence-electron chi connectivity index (χ0n) is 10.8. The normalized spacial score (nSPS) is 11.0. The average molecular weight is 289 g/mol. The maximum Gasteiger partial charge on any atom is 0.262 e. The molecule has 20 heavy (non-hydrogen) atoms. The van der Waals surface area contributed by atoms with Crippen LogP contribution in [0.1, 0.15) is 5.56 Å². The lowest BCUT2D eigenvalue weighted by molar-refractivity contribution is 0.477. The van der Waals surface area contributed by atoms with E-state index in [0.29, 0.717) is 6.42 Å². The van der Waals surface area contributed by atoms with E-state index < -0.39 is 10.0 Å². The van der Waals surface area contributed by atoms with Crippen molar-refractivity contribution in [3.63, 3.8) is 0 Å². The van der Waals surface area contributed by atoms with Gasteiger partial charge >= 0.3 is 0 Å². The monoisotopic (exact) mass is 289 g/mol. The summed E-state index contributed by atoms with van der Waals surface area (Å²) in [6, 6.07) is 12.7. The molecule has 0 saturated heterocycles. The molecule has 0 heterocycles. The quantitative estimate of drug-likeness (QED) is 0.657. The fraction of sp³-hybridized carbons (Fsp3) is 0.0667. The number of anilines is 1. The molecule has 0 amide bonds. The first-order chi connectivity index (χ1) is 9.53. The number of rotatable bonds is 5. The smallest absolute Gasteiger partial charge is 0.262 e. The third kappa shape index (κ3) is 3.19. The Bertz CT molecular complexity index is 706. The highest BCUT2D eigenvalue weighted by Crippen LogP contribution is 2.25. The Balaban J connectivity index is 2.26. The van der Waals surface area contributed by atoms with Crippen molar-refractivity contribution in [2.75, 3.05) is 4.72 Å². The van der Waals surface area contributed by atoms with Crippen molar-refractivity contribution in [2.24, 2.45) is 0 Å². The molecule has 0 spiro atoms. The van der Waals surface area contributed by atoms with Crippen molar-refractivity contribution >= 4 is 15.7 Å². The van der Waals surface area contributed by atoms with E-state index in [9.17, 15) is 13.5 Å². The van der Waals surface area contributed by atoms with Gasteiger partial charge < -0.3 is 5.11 Å². The first-order valence-electron chi connectivity index (χ1n) is 6.03. The van der Waals surface area contributed by atoms with Crippen LogP contribution in [0.4, 0.5) is 5.69 Å². The van der Waals surface area contributed by atoms with Gasteiger partial charge in [0.25, 0.3) is 10.0 Å². The highest BCUT2D eigenvalue weighted by molar-refractivity contribution is 7.92. The molecule has 104 valence electrons. The van der Waals surface area contributed by atoms with Crippen LogP contribution in [0.5, 0.6) is 5.75 Å². The number of benzene rings is 2. The molecule has 0 aliphatic carbocycles. The third-order valence-corrected chi connectivity index (χ3v) is 4.14. The molecule has 0 aliphatic heterocycles. The van der Waals surface area contributed by atoms with Gasteiger partial charge in [-0.1, -0.05) is 30.3 Å². The van der Waals surface area contributed by atoms with Gasteiger partial charge in [0.05, 0.1) is 10.6 Å². The van der Waals surface area contributed by atoms with E-state index in [2.05, 4.69) is 11.3 Å². The van der Waals surface area contributed by atoms with E-state index in [1.165, 1.54) is 24.3 Å². The Morgan fingerprint density at radius 3 is 2.35 bits per heavy atom. The van der Waals surface area contributed by atoms with E-state index in [0.717, 1.165) is 5.56 Å². The lowest BCUT2D eigenvalue weighted by Crippen LogP contribution is -2.13. The van der Waals surface area contributed by atoms with Crippen LogP contribution in [0.15, 0.2) is 66.1 Å². The molecule has 0 fully saturated rings. The molecule has 0 aliphatic rings. The molecule has 0 aromatic heterocycles. The van der Waals surface area contributed by atoms with Gasteiger partial charge in [0.2, 0.25) is 0 Å². The second kappa shape index (κ2) is 5.79. The largest absolute Gasteiger partial charge is 0.506 e. The molecule has 0 unspecified atom stereocenters. The number of para-hydroxylation sites is 2.